The standard InChI is InChI=1S/C21H30N4O5S.ClH/c1-11-17-16(12(2)27)20(28)25(17)18(21(29)30)19(11)31-15-6-13(22-7-15)4-5-24-10-23(3)8-14(24)9-26;/h8,10-13,15-17,22,26-27H,4-7,9H2,1-3H3;1H/t11-,12-,13-,15+,16-,17-;/m1./s1. The smallest absolute Gasteiger partial charge is 0.353 e. The van der Waals surface area contributed by atoms with Gasteiger partial charge in [-0.15, -0.1) is 11.8 Å². The quantitative estimate of drug-likeness (QED) is 0.226. The molecule has 0 spiro atoms. The van der Waals surface area contributed by atoms with Gasteiger partial charge in [0.15, 0.2) is 5.69 Å². The van der Waals surface area contributed by atoms with E-state index >= 15 is 0 Å². The minimum absolute atomic E-state index is 0. The van der Waals surface area contributed by atoms with Gasteiger partial charge in [-0.2, -0.15) is 0 Å². The Morgan fingerprint density at radius 3 is 2.78 bits per heavy atom. The lowest BCUT2D eigenvalue weighted by Gasteiger charge is -2.46. The lowest BCUT2D eigenvalue weighted by molar-refractivity contribution is -0.705. The molecule has 4 N–H and O–H groups in total. The fourth-order valence-corrected chi connectivity index (χ4v) is 6.73. The molecule has 0 radical (unpaired) electrons. The number of hydrogen-bond donors (Lipinski definition) is 4. The van der Waals surface area contributed by atoms with Crippen LogP contribution >= 0.6 is 11.8 Å². The van der Waals surface area contributed by atoms with Gasteiger partial charge in [0.1, 0.15) is 18.5 Å². The maximum atomic E-state index is 12.5. The zero-order valence-corrected chi connectivity index (χ0v) is 20.0. The Kier molecular flexibility index (Phi) is 7.61. The van der Waals surface area contributed by atoms with E-state index in [-0.39, 0.29) is 47.8 Å². The molecule has 6 atom stereocenters. The van der Waals surface area contributed by atoms with E-state index < -0.39 is 18.0 Å². The molecule has 2 saturated heterocycles. The summed E-state index contributed by atoms with van der Waals surface area (Å²) in [6.07, 6.45) is 4.92. The van der Waals surface area contributed by atoms with Crippen LogP contribution in [0.2, 0.25) is 0 Å². The number of carbonyl (C=O) groups is 2. The number of carboxylic acids is 1. The highest BCUT2D eigenvalue weighted by molar-refractivity contribution is 8.03. The third-order valence-corrected chi connectivity index (χ3v) is 8.22. The second kappa shape index (κ2) is 9.72. The van der Waals surface area contributed by atoms with Crippen molar-refractivity contribution in [3.63, 3.8) is 0 Å². The van der Waals surface area contributed by atoms with Gasteiger partial charge < -0.3 is 37.9 Å². The highest BCUT2D eigenvalue weighted by Crippen LogP contribution is 2.51. The Hall–Kier alpha value is -1.59. The third kappa shape index (κ3) is 4.31. The molecule has 32 heavy (non-hydrogen) atoms. The Bertz CT molecular complexity index is 920. The van der Waals surface area contributed by atoms with Crippen LogP contribution in [0.25, 0.3) is 0 Å². The lowest BCUT2D eigenvalue weighted by Crippen LogP contribution is -3.00. The first-order valence-electron chi connectivity index (χ1n) is 10.8. The minimum atomic E-state index is -1.08. The Morgan fingerprint density at radius 2 is 2.16 bits per heavy atom. The first-order valence-corrected chi connectivity index (χ1v) is 11.6. The van der Waals surface area contributed by atoms with Crippen LogP contribution in [0.3, 0.4) is 0 Å². The molecular formula is C21H31ClN4O5S. The van der Waals surface area contributed by atoms with Crippen LogP contribution in [0.4, 0.5) is 0 Å². The summed E-state index contributed by atoms with van der Waals surface area (Å²) in [7, 11) is 1.93. The molecule has 1 aromatic heterocycles. The monoisotopic (exact) mass is 486 g/mol. The number of thioether (sulfide) groups is 1. The van der Waals surface area contributed by atoms with E-state index in [2.05, 4.69) is 9.88 Å². The van der Waals surface area contributed by atoms with Crippen molar-refractivity contribution in [2.45, 2.75) is 63.3 Å². The Balaban J connectivity index is 0.00000289. The van der Waals surface area contributed by atoms with Crippen LogP contribution in [0.5, 0.6) is 0 Å². The molecular weight excluding hydrogens is 456 g/mol. The third-order valence-electron chi connectivity index (χ3n) is 6.71. The first-order chi connectivity index (χ1) is 14.7. The highest BCUT2D eigenvalue weighted by atomic mass is 35.5. The number of aromatic nitrogens is 2. The van der Waals surface area contributed by atoms with Crippen molar-refractivity contribution in [3.8, 4) is 0 Å². The average Bonchev–Trinajstić information content (AvgIpc) is 3.36. The van der Waals surface area contributed by atoms with Gasteiger partial charge in [-0.1, -0.05) is 6.92 Å². The first kappa shape index (κ1) is 25.0. The molecule has 11 heteroatoms. The topological polar surface area (TPSA) is 119 Å². The van der Waals surface area contributed by atoms with Gasteiger partial charge in [-0.25, -0.2) is 13.9 Å². The molecule has 2 fully saturated rings. The normalized spacial score (nSPS) is 30.2. The predicted molar refractivity (Wildman–Crippen MR) is 114 cm³/mol. The zero-order chi connectivity index (χ0) is 22.4. The number of nitrogens with one attached hydrogen (secondary N) is 1. The number of β-lactam (4-membered cyclic amide) rings is 1. The minimum Gasteiger partial charge on any atom is -1.00 e. The van der Waals surface area contributed by atoms with E-state index in [1.807, 2.05) is 31.1 Å². The lowest BCUT2D eigenvalue weighted by atomic mass is 9.79. The molecule has 0 aliphatic carbocycles. The van der Waals surface area contributed by atoms with Crippen LogP contribution in [-0.4, -0.2) is 66.6 Å². The van der Waals surface area contributed by atoms with Crippen LogP contribution < -0.4 is 22.3 Å². The highest BCUT2D eigenvalue weighted by Gasteiger charge is 2.60. The van der Waals surface area contributed by atoms with Gasteiger partial charge in [0, 0.05) is 35.1 Å². The van der Waals surface area contributed by atoms with Crippen LogP contribution in [0.15, 0.2) is 23.1 Å². The number of hydrogen-bond acceptors (Lipinski definition) is 6. The van der Waals surface area contributed by atoms with Crippen LogP contribution in [-0.2, 0) is 29.8 Å². The van der Waals surface area contributed by atoms with Gasteiger partial charge >= 0.3 is 5.97 Å². The number of carbonyl (C=O) groups excluding carboxylic acids is 1. The second-order valence-corrected chi connectivity index (χ2v) is 10.2. The number of aliphatic hydroxyl groups excluding tert-OH is 2. The number of carboxylic acid groups (broad SMARTS) is 1. The van der Waals surface area contributed by atoms with Crippen molar-refractivity contribution in [3.05, 3.63) is 28.8 Å². The number of aliphatic hydroxyl groups is 2. The van der Waals surface area contributed by atoms with Gasteiger partial charge in [-0.3, -0.25) is 4.79 Å². The fraction of sp³-hybridized carbons (Fsp3) is 0.667. The van der Waals surface area contributed by atoms with Crippen molar-refractivity contribution in [1.29, 1.82) is 0 Å². The number of rotatable bonds is 8. The molecule has 0 unspecified atom stereocenters. The summed E-state index contributed by atoms with van der Waals surface area (Å²) in [5.41, 5.74) is 0.976. The van der Waals surface area contributed by atoms with Gasteiger partial charge in [0.05, 0.1) is 31.7 Å². The Labute approximate surface area is 197 Å². The molecule has 9 nitrogen and oxygen atoms in total. The molecule has 3 aliphatic heterocycles. The molecule has 0 bridgehead atoms. The Morgan fingerprint density at radius 1 is 1.44 bits per heavy atom. The summed E-state index contributed by atoms with van der Waals surface area (Å²) in [4.78, 5) is 26.6. The van der Waals surface area contributed by atoms with Gasteiger partial charge in [0.25, 0.3) is 0 Å². The van der Waals surface area contributed by atoms with Crippen molar-refractivity contribution >= 4 is 23.6 Å². The summed E-state index contributed by atoms with van der Waals surface area (Å²) in [5, 5.41) is 33.0. The maximum Gasteiger partial charge on any atom is 0.353 e. The second-order valence-electron chi connectivity index (χ2n) is 8.89. The van der Waals surface area contributed by atoms with Crippen LogP contribution in [0.1, 0.15) is 32.4 Å². The van der Waals surface area contributed by atoms with Crippen molar-refractivity contribution in [2.24, 2.45) is 18.9 Å². The molecule has 178 valence electrons. The van der Waals surface area contributed by atoms with E-state index in [9.17, 15) is 24.9 Å². The van der Waals surface area contributed by atoms with Gasteiger partial charge in [-0.05, 0) is 13.3 Å². The van der Waals surface area contributed by atoms with E-state index in [4.69, 9.17) is 0 Å². The summed E-state index contributed by atoms with van der Waals surface area (Å²) in [5.74, 6) is -1.99. The average molecular weight is 487 g/mol. The van der Waals surface area contributed by atoms with E-state index in [1.165, 1.54) is 4.90 Å². The van der Waals surface area contributed by atoms with E-state index in [0.29, 0.717) is 6.04 Å². The molecule has 0 saturated carbocycles. The maximum absolute atomic E-state index is 12.5. The van der Waals surface area contributed by atoms with E-state index in [0.717, 1.165) is 36.5 Å². The molecule has 1 aromatic rings. The SMILES string of the molecule is C[C@@H](O)[C@H]1C(=O)N2C(C(=O)O)=C(S[C@@H]3CN[C@H](CC[n+]4cn(C)cc4CO)C3)[C@H](C)[C@H]12.[Cl-]. The number of nitrogens with zero attached hydrogens (tertiary/aromatic N) is 3. The summed E-state index contributed by atoms with van der Waals surface area (Å²) in [6.45, 7) is 5.14. The summed E-state index contributed by atoms with van der Waals surface area (Å²) >= 11 is 1.57. The number of halogens is 1. The van der Waals surface area contributed by atoms with Gasteiger partial charge in [0.2, 0.25) is 12.2 Å². The van der Waals surface area contributed by atoms with Crippen molar-refractivity contribution < 1.29 is 41.9 Å². The van der Waals surface area contributed by atoms with Crippen molar-refractivity contribution in [1.82, 2.24) is 14.8 Å². The number of aliphatic carboxylic acids is 1. The molecule has 3 aliphatic rings. The van der Waals surface area contributed by atoms with Crippen molar-refractivity contribution in [2.75, 3.05) is 6.54 Å². The molecule has 0 aromatic carbocycles. The zero-order valence-electron chi connectivity index (χ0n) is 18.4. The summed E-state index contributed by atoms with van der Waals surface area (Å²) < 4.78 is 3.98. The molecule has 1 amide bonds. The fourth-order valence-electron chi connectivity index (χ4n) is 5.21. The number of aryl methyl sites for hydroxylation is 2. The molecule has 4 heterocycles. The van der Waals surface area contributed by atoms with E-state index in [1.54, 1.807) is 18.7 Å². The van der Waals surface area contributed by atoms with Crippen LogP contribution in [0, 0.1) is 11.8 Å². The number of fused-ring (bicyclic) bond motifs is 1. The number of imidazole rings is 1. The predicted octanol–water partition coefficient (Wildman–Crippen LogP) is -3.18. The summed E-state index contributed by atoms with van der Waals surface area (Å²) in [6, 6.07) is 0.0452. The largest absolute Gasteiger partial charge is 1.00 e. The molecule has 4 rings (SSSR count). The number of amides is 1.